The van der Waals surface area contributed by atoms with E-state index in [1.54, 1.807) is 0 Å². The van der Waals surface area contributed by atoms with Crippen LogP contribution in [0.2, 0.25) is 0 Å². The van der Waals surface area contributed by atoms with Gasteiger partial charge in [-0.05, 0) is 28.7 Å². The van der Waals surface area contributed by atoms with Crippen molar-refractivity contribution in [1.29, 1.82) is 0 Å². The molecule has 2 aromatic carbocycles. The first-order valence-electron chi connectivity index (χ1n) is 9.94. The van der Waals surface area contributed by atoms with E-state index >= 15 is 0 Å². The molecule has 32 heavy (non-hydrogen) atoms. The SMILES string of the molecule is CS(=O)(=O)CCC(NC(=O)OCC1c2ccccc2-c2ccccc21)C(=O)NCC(=O)O. The molecule has 1 atom stereocenters. The monoisotopic (exact) mass is 460 g/mol. The summed E-state index contributed by atoms with van der Waals surface area (Å²) in [6, 6.07) is 14.4. The second-order valence-electron chi connectivity index (χ2n) is 7.55. The van der Waals surface area contributed by atoms with Gasteiger partial charge < -0.3 is 20.5 Å². The summed E-state index contributed by atoms with van der Waals surface area (Å²) >= 11 is 0. The van der Waals surface area contributed by atoms with E-state index in [4.69, 9.17) is 9.84 Å². The molecule has 0 aromatic heterocycles. The molecule has 1 aliphatic carbocycles. The fraction of sp³-hybridized carbons (Fsp3) is 0.318. The first kappa shape index (κ1) is 23.3. The number of amides is 2. The number of fused-ring (bicyclic) bond motifs is 3. The van der Waals surface area contributed by atoms with E-state index in [9.17, 15) is 22.8 Å². The van der Waals surface area contributed by atoms with Crippen LogP contribution in [0.25, 0.3) is 11.1 Å². The summed E-state index contributed by atoms with van der Waals surface area (Å²) in [4.78, 5) is 35.4. The number of carboxylic acid groups (broad SMARTS) is 1. The van der Waals surface area contributed by atoms with E-state index in [0.29, 0.717) is 0 Å². The van der Waals surface area contributed by atoms with Gasteiger partial charge in [0.2, 0.25) is 5.91 Å². The molecule has 3 rings (SSSR count). The van der Waals surface area contributed by atoms with E-state index in [-0.39, 0.29) is 24.7 Å². The number of alkyl carbamates (subject to hydrolysis) is 1. The number of rotatable bonds is 9. The van der Waals surface area contributed by atoms with Crippen LogP contribution in [0.1, 0.15) is 23.5 Å². The van der Waals surface area contributed by atoms with Gasteiger partial charge in [-0.3, -0.25) is 9.59 Å². The van der Waals surface area contributed by atoms with E-state index in [1.807, 2.05) is 48.5 Å². The molecule has 0 spiro atoms. The Morgan fingerprint density at radius 3 is 2.12 bits per heavy atom. The predicted molar refractivity (Wildman–Crippen MR) is 117 cm³/mol. The number of carbonyl (C=O) groups is 3. The highest BCUT2D eigenvalue weighted by Gasteiger charge is 2.30. The Balaban J connectivity index is 1.67. The number of nitrogens with one attached hydrogen (secondary N) is 2. The first-order chi connectivity index (χ1) is 15.2. The van der Waals surface area contributed by atoms with Crippen LogP contribution >= 0.6 is 0 Å². The van der Waals surface area contributed by atoms with Gasteiger partial charge in [0, 0.05) is 12.2 Å². The lowest BCUT2D eigenvalue weighted by Gasteiger charge is -2.19. The van der Waals surface area contributed by atoms with Crippen molar-refractivity contribution in [3.05, 3.63) is 59.7 Å². The molecule has 0 saturated carbocycles. The van der Waals surface area contributed by atoms with Crippen LogP contribution in [0, 0.1) is 0 Å². The molecule has 1 aliphatic rings. The highest BCUT2D eigenvalue weighted by molar-refractivity contribution is 7.90. The van der Waals surface area contributed by atoms with Crippen LogP contribution in [-0.2, 0) is 24.2 Å². The first-order valence-corrected chi connectivity index (χ1v) is 12.0. The van der Waals surface area contributed by atoms with Crippen LogP contribution in [0.15, 0.2) is 48.5 Å². The van der Waals surface area contributed by atoms with Crippen LogP contribution in [0.3, 0.4) is 0 Å². The Morgan fingerprint density at radius 2 is 1.59 bits per heavy atom. The minimum Gasteiger partial charge on any atom is -0.480 e. The number of hydrogen-bond donors (Lipinski definition) is 3. The molecular formula is C22H24N2O7S. The average Bonchev–Trinajstić information content (AvgIpc) is 3.06. The number of hydrogen-bond acceptors (Lipinski definition) is 6. The van der Waals surface area contributed by atoms with Crippen molar-refractivity contribution in [2.75, 3.05) is 25.2 Å². The molecule has 0 heterocycles. The molecule has 170 valence electrons. The lowest BCUT2D eigenvalue weighted by molar-refractivity contribution is -0.138. The van der Waals surface area contributed by atoms with E-state index in [1.165, 1.54) is 0 Å². The molecule has 1 unspecified atom stereocenters. The Hall–Kier alpha value is -3.40. The molecule has 2 amide bonds. The van der Waals surface area contributed by atoms with Crippen LogP contribution in [0.4, 0.5) is 4.79 Å². The summed E-state index contributed by atoms with van der Waals surface area (Å²) in [5, 5.41) is 13.2. The molecule has 0 fully saturated rings. The van der Waals surface area contributed by atoms with Crippen molar-refractivity contribution in [3.8, 4) is 11.1 Å². The second kappa shape index (κ2) is 9.82. The van der Waals surface area contributed by atoms with Gasteiger partial charge in [0.05, 0.1) is 5.75 Å². The van der Waals surface area contributed by atoms with E-state index < -0.39 is 40.4 Å². The zero-order chi connectivity index (χ0) is 23.3. The third-order valence-electron chi connectivity index (χ3n) is 5.14. The van der Waals surface area contributed by atoms with Gasteiger partial charge in [0.1, 0.15) is 29.0 Å². The van der Waals surface area contributed by atoms with Gasteiger partial charge in [-0.2, -0.15) is 0 Å². The minimum absolute atomic E-state index is 0.0232. The highest BCUT2D eigenvalue weighted by atomic mass is 32.2. The van der Waals surface area contributed by atoms with Crippen molar-refractivity contribution in [3.63, 3.8) is 0 Å². The zero-order valence-electron chi connectivity index (χ0n) is 17.4. The van der Waals surface area contributed by atoms with Crippen molar-refractivity contribution in [1.82, 2.24) is 10.6 Å². The lowest BCUT2D eigenvalue weighted by Crippen LogP contribution is -2.48. The smallest absolute Gasteiger partial charge is 0.407 e. The topological polar surface area (TPSA) is 139 Å². The second-order valence-corrected chi connectivity index (χ2v) is 9.81. The quantitative estimate of drug-likeness (QED) is 0.516. The van der Waals surface area contributed by atoms with Crippen LogP contribution in [-0.4, -0.2) is 62.7 Å². The molecule has 0 saturated heterocycles. The highest BCUT2D eigenvalue weighted by Crippen LogP contribution is 2.44. The number of ether oxygens (including phenoxy) is 1. The normalized spacial score (nSPS) is 13.5. The Bertz CT molecular complexity index is 1090. The van der Waals surface area contributed by atoms with Crippen molar-refractivity contribution in [2.24, 2.45) is 0 Å². The van der Waals surface area contributed by atoms with Gasteiger partial charge in [-0.25, -0.2) is 13.2 Å². The number of carbonyl (C=O) groups excluding carboxylic acids is 2. The van der Waals surface area contributed by atoms with Crippen LogP contribution in [0.5, 0.6) is 0 Å². The molecule has 0 aliphatic heterocycles. The fourth-order valence-corrected chi connectivity index (χ4v) is 4.33. The molecular weight excluding hydrogens is 436 g/mol. The summed E-state index contributed by atoms with van der Waals surface area (Å²) in [6.07, 6.45) is -0.100. The lowest BCUT2D eigenvalue weighted by atomic mass is 9.98. The van der Waals surface area contributed by atoms with E-state index in [2.05, 4.69) is 10.6 Å². The average molecular weight is 461 g/mol. The van der Waals surface area contributed by atoms with Crippen molar-refractivity contribution >= 4 is 27.8 Å². The summed E-state index contributed by atoms with van der Waals surface area (Å²) in [6.45, 7) is -0.629. The minimum atomic E-state index is -3.40. The summed E-state index contributed by atoms with van der Waals surface area (Å²) < 4.78 is 28.3. The largest absolute Gasteiger partial charge is 0.480 e. The standard InChI is InChI=1S/C22H24N2O7S/c1-32(29,30)11-10-19(21(27)23-12-20(25)26)24-22(28)31-13-18-16-8-4-2-6-14(16)15-7-3-5-9-17(15)18/h2-9,18-19H,10-13H2,1H3,(H,23,27)(H,24,28)(H,25,26). The Morgan fingerprint density at radius 1 is 1.03 bits per heavy atom. The summed E-state index contributed by atoms with van der Waals surface area (Å²) in [7, 11) is -3.40. The van der Waals surface area contributed by atoms with Gasteiger partial charge in [-0.1, -0.05) is 48.5 Å². The van der Waals surface area contributed by atoms with Gasteiger partial charge in [0.25, 0.3) is 0 Å². The molecule has 3 N–H and O–H groups in total. The maximum Gasteiger partial charge on any atom is 0.407 e. The summed E-state index contributed by atoms with van der Waals surface area (Å²) in [5.41, 5.74) is 4.18. The third-order valence-corrected chi connectivity index (χ3v) is 6.12. The number of aliphatic carboxylic acids is 1. The molecule has 9 nitrogen and oxygen atoms in total. The zero-order valence-corrected chi connectivity index (χ0v) is 18.2. The Kier molecular flexibility index (Phi) is 7.14. The number of carboxylic acids is 1. The van der Waals surface area contributed by atoms with E-state index in [0.717, 1.165) is 28.5 Å². The Labute approximate surface area is 185 Å². The summed E-state index contributed by atoms with van der Waals surface area (Å²) in [5.74, 6) is -2.60. The van der Waals surface area contributed by atoms with Gasteiger partial charge in [-0.15, -0.1) is 0 Å². The molecule has 0 bridgehead atoms. The van der Waals surface area contributed by atoms with Gasteiger partial charge >= 0.3 is 12.1 Å². The maximum atomic E-state index is 12.4. The molecule has 2 aromatic rings. The molecule has 10 heteroatoms. The number of benzene rings is 2. The maximum absolute atomic E-state index is 12.4. The van der Waals surface area contributed by atoms with Gasteiger partial charge in [0.15, 0.2) is 0 Å². The van der Waals surface area contributed by atoms with Crippen molar-refractivity contribution in [2.45, 2.75) is 18.4 Å². The molecule has 0 radical (unpaired) electrons. The van der Waals surface area contributed by atoms with Crippen molar-refractivity contribution < 1.29 is 32.6 Å². The fourth-order valence-electron chi connectivity index (χ4n) is 3.67. The number of sulfone groups is 1. The predicted octanol–water partition coefficient (Wildman–Crippen LogP) is 1.53. The van der Waals surface area contributed by atoms with Crippen LogP contribution < -0.4 is 10.6 Å². The third kappa shape index (κ3) is 5.85.